The van der Waals surface area contributed by atoms with Gasteiger partial charge in [-0.3, -0.25) is 4.79 Å². The molecule has 1 aromatic rings. The van der Waals surface area contributed by atoms with Crippen LogP contribution in [-0.2, 0) is 9.53 Å². The molecule has 0 fully saturated rings. The third kappa shape index (κ3) is 3.96. The quantitative estimate of drug-likeness (QED) is 0.585. The molecular formula is C17H24O6. The van der Waals surface area contributed by atoms with Crippen molar-refractivity contribution in [2.24, 2.45) is 5.41 Å². The normalized spacial score (nSPS) is 12.3. The second-order valence-corrected chi connectivity index (χ2v) is 5.47. The lowest BCUT2D eigenvalue weighted by molar-refractivity contribution is -0.157. The molecule has 1 rings (SSSR count). The Labute approximate surface area is 136 Å². The van der Waals surface area contributed by atoms with E-state index in [0.717, 1.165) is 0 Å². The Morgan fingerprint density at radius 1 is 1.26 bits per heavy atom. The maximum Gasteiger partial charge on any atom is 0.314 e. The highest BCUT2D eigenvalue weighted by Crippen LogP contribution is 2.43. The molecule has 0 saturated carbocycles. The molecule has 0 saturated heterocycles. The van der Waals surface area contributed by atoms with E-state index in [2.05, 4.69) is 6.58 Å². The zero-order chi connectivity index (χ0) is 17.6. The summed E-state index contributed by atoms with van der Waals surface area (Å²) in [5.74, 6) is 0.665. The first kappa shape index (κ1) is 18.8. The smallest absolute Gasteiger partial charge is 0.314 e. The number of esters is 1. The summed E-state index contributed by atoms with van der Waals surface area (Å²) in [6.07, 6.45) is 0.494. The second-order valence-electron chi connectivity index (χ2n) is 5.47. The lowest BCUT2D eigenvalue weighted by Crippen LogP contribution is -2.32. The van der Waals surface area contributed by atoms with Crippen molar-refractivity contribution in [2.45, 2.75) is 20.0 Å². The van der Waals surface area contributed by atoms with Gasteiger partial charge in [0, 0.05) is 0 Å². The van der Waals surface area contributed by atoms with Gasteiger partial charge < -0.3 is 24.1 Å². The molecule has 6 heteroatoms. The molecule has 0 amide bonds. The fourth-order valence-electron chi connectivity index (χ4n) is 2.13. The average Bonchev–Trinajstić information content (AvgIpc) is 2.57. The van der Waals surface area contributed by atoms with Crippen molar-refractivity contribution in [2.75, 3.05) is 27.9 Å². The number of aliphatic hydroxyl groups excluding tert-OH is 1. The number of benzene rings is 1. The molecule has 6 nitrogen and oxygen atoms in total. The number of rotatable bonds is 8. The van der Waals surface area contributed by atoms with Gasteiger partial charge in [-0.15, -0.1) is 0 Å². The molecule has 0 aliphatic heterocycles. The van der Waals surface area contributed by atoms with Gasteiger partial charge in [-0.2, -0.15) is 0 Å². The predicted octanol–water partition coefficient (Wildman–Crippen LogP) is 2.50. The number of hydrogen-bond acceptors (Lipinski definition) is 6. The molecule has 23 heavy (non-hydrogen) atoms. The van der Waals surface area contributed by atoms with Crippen molar-refractivity contribution in [3.8, 4) is 17.2 Å². The topological polar surface area (TPSA) is 74.2 Å². The molecule has 1 atom stereocenters. The summed E-state index contributed by atoms with van der Waals surface area (Å²) in [6, 6.07) is 3.21. The highest BCUT2D eigenvalue weighted by atomic mass is 16.5. The molecule has 1 unspecified atom stereocenters. The maximum absolute atomic E-state index is 11.9. The third-order valence-electron chi connectivity index (χ3n) is 3.54. The number of methoxy groups -OCH3 is 3. The highest BCUT2D eigenvalue weighted by Gasteiger charge is 2.38. The summed E-state index contributed by atoms with van der Waals surface area (Å²) < 4.78 is 20.9. The fraction of sp³-hybridized carbons (Fsp3) is 0.471. The van der Waals surface area contributed by atoms with E-state index in [9.17, 15) is 9.90 Å². The summed E-state index contributed by atoms with van der Waals surface area (Å²) in [7, 11) is 4.25. The van der Waals surface area contributed by atoms with Crippen LogP contribution in [0.15, 0.2) is 24.8 Å². The van der Waals surface area contributed by atoms with Crippen LogP contribution in [0.4, 0.5) is 0 Å². The van der Waals surface area contributed by atoms with E-state index < -0.39 is 17.5 Å². The van der Waals surface area contributed by atoms with Crippen molar-refractivity contribution >= 4 is 5.97 Å². The van der Waals surface area contributed by atoms with Gasteiger partial charge in [-0.05, 0) is 31.5 Å². The van der Waals surface area contributed by atoms with Gasteiger partial charge in [0.2, 0.25) is 5.75 Å². The van der Waals surface area contributed by atoms with Gasteiger partial charge in [-0.25, -0.2) is 0 Å². The first-order valence-electron chi connectivity index (χ1n) is 7.09. The number of carbonyl (C=O) groups excluding carboxylic acids is 1. The molecule has 0 radical (unpaired) electrons. The Balaban J connectivity index is 3.33. The van der Waals surface area contributed by atoms with Gasteiger partial charge in [0.15, 0.2) is 11.5 Å². The minimum absolute atomic E-state index is 0.280. The minimum atomic E-state index is -1.13. The Bertz CT molecular complexity index is 539. The average molecular weight is 324 g/mol. The van der Waals surface area contributed by atoms with Crippen LogP contribution in [0, 0.1) is 5.41 Å². The monoisotopic (exact) mass is 324 g/mol. The number of aliphatic hydroxyl groups is 1. The molecule has 1 N–H and O–H groups in total. The van der Waals surface area contributed by atoms with Crippen LogP contribution in [0.1, 0.15) is 25.5 Å². The standard InChI is InChI=1S/C17H24O6/c1-7-8-23-14-12(20-4)9-11(10-13(14)21-5)15(18)17(2,3)16(19)22-6/h7,9-10,15,18H,1,8H2,2-6H3. The van der Waals surface area contributed by atoms with Crippen LogP contribution < -0.4 is 14.2 Å². The summed E-state index contributed by atoms with van der Waals surface area (Å²) in [5.41, 5.74) is -0.672. The van der Waals surface area contributed by atoms with Crippen LogP contribution in [0.25, 0.3) is 0 Å². The Morgan fingerprint density at radius 2 is 1.78 bits per heavy atom. The molecule has 0 heterocycles. The number of hydrogen-bond donors (Lipinski definition) is 1. The van der Waals surface area contributed by atoms with Crippen molar-refractivity contribution in [3.05, 3.63) is 30.4 Å². The van der Waals surface area contributed by atoms with E-state index in [1.165, 1.54) is 21.3 Å². The van der Waals surface area contributed by atoms with Gasteiger partial charge in [0.05, 0.1) is 32.8 Å². The van der Waals surface area contributed by atoms with Gasteiger partial charge in [0.1, 0.15) is 6.61 Å². The van der Waals surface area contributed by atoms with Crippen molar-refractivity contribution in [3.63, 3.8) is 0 Å². The molecule has 1 aromatic carbocycles. The van der Waals surface area contributed by atoms with E-state index in [1.54, 1.807) is 32.1 Å². The van der Waals surface area contributed by atoms with Gasteiger partial charge in [-0.1, -0.05) is 12.7 Å². The summed E-state index contributed by atoms with van der Waals surface area (Å²) in [6.45, 7) is 7.08. The highest BCUT2D eigenvalue weighted by molar-refractivity contribution is 5.77. The zero-order valence-electron chi connectivity index (χ0n) is 14.2. The first-order chi connectivity index (χ1) is 10.8. The Hall–Kier alpha value is -2.21. The van der Waals surface area contributed by atoms with Crippen LogP contribution >= 0.6 is 0 Å². The SMILES string of the molecule is C=CCOc1c(OC)cc(C(O)C(C)(C)C(=O)OC)cc1OC. The molecule has 0 spiro atoms. The molecule has 0 aliphatic rings. The largest absolute Gasteiger partial charge is 0.493 e. The Kier molecular flexibility index (Phi) is 6.45. The van der Waals surface area contributed by atoms with E-state index in [4.69, 9.17) is 18.9 Å². The van der Waals surface area contributed by atoms with Crippen LogP contribution in [0.2, 0.25) is 0 Å². The molecule has 0 bridgehead atoms. The second kappa shape index (κ2) is 7.87. The first-order valence-corrected chi connectivity index (χ1v) is 7.09. The predicted molar refractivity (Wildman–Crippen MR) is 86.0 cm³/mol. The lowest BCUT2D eigenvalue weighted by atomic mass is 9.82. The minimum Gasteiger partial charge on any atom is -0.493 e. The van der Waals surface area contributed by atoms with E-state index >= 15 is 0 Å². The van der Waals surface area contributed by atoms with E-state index in [-0.39, 0.29) is 6.61 Å². The molecular weight excluding hydrogens is 300 g/mol. The summed E-state index contributed by atoms with van der Waals surface area (Å²) in [4.78, 5) is 11.9. The van der Waals surface area contributed by atoms with Gasteiger partial charge in [0.25, 0.3) is 0 Å². The number of carbonyl (C=O) groups is 1. The van der Waals surface area contributed by atoms with Crippen molar-refractivity contribution in [1.29, 1.82) is 0 Å². The van der Waals surface area contributed by atoms with Crippen LogP contribution in [-0.4, -0.2) is 39.0 Å². The number of ether oxygens (including phenoxy) is 4. The zero-order valence-corrected chi connectivity index (χ0v) is 14.2. The van der Waals surface area contributed by atoms with E-state index in [0.29, 0.717) is 22.8 Å². The lowest BCUT2D eigenvalue weighted by Gasteiger charge is -2.28. The maximum atomic E-state index is 11.9. The summed E-state index contributed by atoms with van der Waals surface area (Å²) >= 11 is 0. The molecule has 0 aromatic heterocycles. The van der Waals surface area contributed by atoms with Crippen LogP contribution in [0.5, 0.6) is 17.2 Å². The fourth-order valence-corrected chi connectivity index (χ4v) is 2.13. The van der Waals surface area contributed by atoms with Crippen LogP contribution in [0.3, 0.4) is 0 Å². The van der Waals surface area contributed by atoms with Gasteiger partial charge >= 0.3 is 5.97 Å². The van der Waals surface area contributed by atoms with Crippen molar-refractivity contribution in [1.82, 2.24) is 0 Å². The Morgan fingerprint density at radius 3 is 2.17 bits per heavy atom. The summed E-state index contributed by atoms with van der Waals surface area (Å²) in [5, 5.41) is 10.6. The van der Waals surface area contributed by atoms with E-state index in [1.807, 2.05) is 0 Å². The van der Waals surface area contributed by atoms with Crippen molar-refractivity contribution < 1.29 is 28.8 Å². The third-order valence-corrected chi connectivity index (χ3v) is 3.54. The molecule has 128 valence electrons. The molecule has 0 aliphatic carbocycles.